The van der Waals surface area contributed by atoms with Crippen LogP contribution in [0, 0.1) is 0 Å². The minimum Gasteiger partial charge on any atom is -0.151 e. The van der Waals surface area contributed by atoms with Crippen LogP contribution in [-0.2, 0) is 0 Å². The van der Waals surface area contributed by atoms with Crippen molar-refractivity contribution < 1.29 is 0 Å². The van der Waals surface area contributed by atoms with E-state index in [1.807, 2.05) is 0 Å². The molecule has 0 spiro atoms. The van der Waals surface area contributed by atoms with E-state index in [1.165, 1.54) is 43.1 Å². The Labute approximate surface area is 114 Å². The van der Waals surface area contributed by atoms with E-state index in [0.29, 0.717) is 0 Å². The largest absolute Gasteiger partial charge is 0.151 e. The summed E-state index contributed by atoms with van der Waals surface area (Å²) in [6.07, 6.45) is 0. The number of hydrogen-bond donors (Lipinski definition) is 0. The standard InChI is InChI=1S/C18H10S/c1-2-11-4-5-13-8-14-9-19-10-16(14)15-7-6-12(3-1)17(11)18(13)15/h1-10H. The third-order valence-electron chi connectivity index (χ3n) is 4.10. The van der Waals surface area contributed by atoms with Crippen molar-refractivity contribution in [2.45, 2.75) is 0 Å². The van der Waals surface area contributed by atoms with E-state index in [-0.39, 0.29) is 0 Å². The molecule has 0 aliphatic carbocycles. The summed E-state index contributed by atoms with van der Waals surface area (Å²) in [4.78, 5) is 0. The van der Waals surface area contributed by atoms with E-state index in [4.69, 9.17) is 0 Å². The Kier molecular flexibility index (Phi) is 1.67. The molecule has 1 heteroatoms. The summed E-state index contributed by atoms with van der Waals surface area (Å²) < 4.78 is 0. The molecule has 0 aliphatic rings. The van der Waals surface area contributed by atoms with Crippen LogP contribution in [0.15, 0.2) is 59.3 Å². The normalized spacial score (nSPS) is 12.2. The zero-order valence-electron chi connectivity index (χ0n) is 10.2. The van der Waals surface area contributed by atoms with Gasteiger partial charge in [-0.25, -0.2) is 0 Å². The molecule has 0 fully saturated rings. The molecule has 88 valence electrons. The van der Waals surface area contributed by atoms with E-state index >= 15 is 0 Å². The maximum atomic E-state index is 2.32. The predicted octanol–water partition coefficient (Wildman–Crippen LogP) is 5.80. The minimum absolute atomic E-state index is 1.34. The van der Waals surface area contributed by atoms with Crippen LogP contribution in [0.3, 0.4) is 0 Å². The Hall–Kier alpha value is -2.12. The first-order chi connectivity index (χ1) is 9.42. The maximum absolute atomic E-state index is 2.32. The molecule has 1 aromatic heterocycles. The smallest absolute Gasteiger partial charge is 0.000249 e. The van der Waals surface area contributed by atoms with E-state index in [1.54, 1.807) is 11.3 Å². The Morgan fingerprint density at radius 1 is 0.579 bits per heavy atom. The van der Waals surface area contributed by atoms with Crippen LogP contribution >= 0.6 is 11.3 Å². The second-order valence-corrected chi connectivity index (χ2v) is 5.85. The molecule has 0 saturated heterocycles. The number of benzene rings is 4. The first-order valence-corrected chi connectivity index (χ1v) is 7.38. The van der Waals surface area contributed by atoms with Gasteiger partial charge in [0, 0.05) is 5.39 Å². The Morgan fingerprint density at radius 2 is 1.37 bits per heavy atom. The summed E-state index contributed by atoms with van der Waals surface area (Å²) >= 11 is 1.79. The van der Waals surface area contributed by atoms with Crippen LogP contribution in [0.25, 0.3) is 43.1 Å². The molecule has 0 unspecified atom stereocenters. The van der Waals surface area contributed by atoms with Gasteiger partial charge in [-0.05, 0) is 54.5 Å². The van der Waals surface area contributed by atoms with Crippen LogP contribution < -0.4 is 0 Å². The molecule has 0 N–H and O–H groups in total. The molecule has 1 heterocycles. The van der Waals surface area contributed by atoms with E-state index in [0.717, 1.165) is 0 Å². The summed E-state index contributed by atoms with van der Waals surface area (Å²) in [6, 6.07) is 17.9. The van der Waals surface area contributed by atoms with Gasteiger partial charge in [-0.15, -0.1) is 0 Å². The van der Waals surface area contributed by atoms with Gasteiger partial charge in [-0.2, -0.15) is 11.3 Å². The van der Waals surface area contributed by atoms with Crippen LogP contribution in [0.1, 0.15) is 0 Å². The highest BCUT2D eigenvalue weighted by molar-refractivity contribution is 7.09. The Balaban J connectivity index is 2.27. The van der Waals surface area contributed by atoms with Crippen molar-refractivity contribution in [3.8, 4) is 0 Å². The monoisotopic (exact) mass is 258 g/mol. The van der Waals surface area contributed by atoms with Gasteiger partial charge in [0.2, 0.25) is 0 Å². The summed E-state index contributed by atoms with van der Waals surface area (Å²) in [5.74, 6) is 0. The van der Waals surface area contributed by atoms with Crippen molar-refractivity contribution in [2.75, 3.05) is 0 Å². The van der Waals surface area contributed by atoms with Crippen molar-refractivity contribution in [1.29, 1.82) is 0 Å². The molecule has 0 saturated carbocycles. The lowest BCUT2D eigenvalue weighted by molar-refractivity contribution is 1.81. The second kappa shape index (κ2) is 3.25. The lowest BCUT2D eigenvalue weighted by Crippen LogP contribution is -1.83. The van der Waals surface area contributed by atoms with Crippen LogP contribution in [0.2, 0.25) is 0 Å². The van der Waals surface area contributed by atoms with Gasteiger partial charge in [-0.3, -0.25) is 0 Å². The first-order valence-electron chi connectivity index (χ1n) is 6.44. The zero-order chi connectivity index (χ0) is 12.4. The first kappa shape index (κ1) is 9.76. The van der Waals surface area contributed by atoms with E-state index in [2.05, 4.69) is 59.3 Å². The summed E-state index contributed by atoms with van der Waals surface area (Å²) in [5, 5.41) is 15.5. The average Bonchev–Trinajstić information content (AvgIpc) is 2.92. The number of hydrogen-bond acceptors (Lipinski definition) is 1. The maximum Gasteiger partial charge on any atom is 0.000249 e. The predicted molar refractivity (Wildman–Crippen MR) is 85.5 cm³/mol. The molecule has 0 nitrogen and oxygen atoms in total. The molecule has 0 bridgehead atoms. The van der Waals surface area contributed by atoms with Gasteiger partial charge in [0.05, 0.1) is 0 Å². The van der Waals surface area contributed by atoms with Gasteiger partial charge in [-0.1, -0.05) is 42.5 Å². The molecular formula is C18H10S. The third-order valence-corrected chi connectivity index (χ3v) is 4.86. The van der Waals surface area contributed by atoms with Crippen molar-refractivity contribution in [3.63, 3.8) is 0 Å². The molecule has 0 radical (unpaired) electrons. The van der Waals surface area contributed by atoms with E-state index in [9.17, 15) is 0 Å². The van der Waals surface area contributed by atoms with Crippen molar-refractivity contribution in [1.82, 2.24) is 0 Å². The SMILES string of the molecule is c1cc2ccc3cc4cscc4c4ccc(c1)c2c34. The van der Waals surface area contributed by atoms with Gasteiger partial charge in [0.1, 0.15) is 0 Å². The van der Waals surface area contributed by atoms with Crippen molar-refractivity contribution in [2.24, 2.45) is 0 Å². The second-order valence-electron chi connectivity index (χ2n) is 5.11. The van der Waals surface area contributed by atoms with Crippen LogP contribution in [-0.4, -0.2) is 0 Å². The van der Waals surface area contributed by atoms with Crippen LogP contribution in [0.5, 0.6) is 0 Å². The summed E-state index contributed by atoms with van der Waals surface area (Å²) in [6.45, 7) is 0. The quantitative estimate of drug-likeness (QED) is 0.308. The zero-order valence-corrected chi connectivity index (χ0v) is 11.0. The van der Waals surface area contributed by atoms with Crippen LogP contribution in [0.4, 0.5) is 0 Å². The number of thiophene rings is 1. The number of fused-ring (bicyclic) bond motifs is 2. The highest BCUT2D eigenvalue weighted by Crippen LogP contribution is 2.39. The summed E-state index contributed by atoms with van der Waals surface area (Å²) in [7, 11) is 0. The fourth-order valence-electron chi connectivity index (χ4n) is 3.26. The highest BCUT2D eigenvalue weighted by Gasteiger charge is 2.10. The third kappa shape index (κ3) is 1.14. The molecule has 0 atom stereocenters. The van der Waals surface area contributed by atoms with Gasteiger partial charge >= 0.3 is 0 Å². The average molecular weight is 258 g/mol. The van der Waals surface area contributed by atoms with Crippen molar-refractivity contribution in [3.05, 3.63) is 59.3 Å². The van der Waals surface area contributed by atoms with E-state index < -0.39 is 0 Å². The molecule has 5 rings (SSSR count). The Morgan fingerprint density at radius 3 is 2.26 bits per heavy atom. The topological polar surface area (TPSA) is 0 Å². The molecule has 19 heavy (non-hydrogen) atoms. The molecule has 4 aromatic carbocycles. The molecule has 5 aromatic rings. The summed E-state index contributed by atoms with van der Waals surface area (Å²) in [5.41, 5.74) is 0. The Bertz CT molecular complexity index is 1040. The fourth-order valence-corrected chi connectivity index (χ4v) is 4.07. The molecule has 0 amide bonds. The molecular weight excluding hydrogens is 248 g/mol. The van der Waals surface area contributed by atoms with Crippen molar-refractivity contribution >= 4 is 54.4 Å². The fraction of sp³-hybridized carbons (Fsp3) is 0. The highest BCUT2D eigenvalue weighted by atomic mass is 32.1. The van der Waals surface area contributed by atoms with Gasteiger partial charge < -0.3 is 0 Å². The van der Waals surface area contributed by atoms with Gasteiger partial charge in [0.25, 0.3) is 0 Å². The molecule has 0 aliphatic heterocycles. The lowest BCUT2D eigenvalue weighted by Gasteiger charge is -2.11. The minimum atomic E-state index is 1.34. The number of rotatable bonds is 0. The van der Waals surface area contributed by atoms with Gasteiger partial charge in [0.15, 0.2) is 0 Å². The lowest BCUT2D eigenvalue weighted by atomic mass is 9.92.